The average molecular weight is 372 g/mol. The molecule has 0 unspecified atom stereocenters. The Labute approximate surface area is 156 Å². The number of benzene rings is 1. The van der Waals surface area contributed by atoms with Crippen LogP contribution in [-0.4, -0.2) is 60.1 Å². The number of nitro benzene ring substituents is 1. The van der Waals surface area contributed by atoms with Crippen molar-refractivity contribution in [2.45, 2.75) is 0 Å². The number of aromatic nitrogens is 1. The fourth-order valence-electron chi connectivity index (χ4n) is 2.61. The highest BCUT2D eigenvalue weighted by molar-refractivity contribution is 5.92. The van der Waals surface area contributed by atoms with E-state index in [2.05, 4.69) is 15.2 Å². The number of nitrogens with zero attached hydrogens (tertiary/aromatic N) is 3. The molecule has 1 aliphatic rings. The summed E-state index contributed by atoms with van der Waals surface area (Å²) in [6, 6.07) is 8.87. The number of ether oxygens (including phenoxy) is 2. The molecule has 3 rings (SSSR count). The molecule has 0 spiro atoms. The number of carbonyl (C=O) groups excluding carboxylic acids is 1. The molecule has 0 aliphatic carbocycles. The number of hydrogen-bond donors (Lipinski definition) is 1. The molecule has 0 radical (unpaired) electrons. The van der Waals surface area contributed by atoms with Crippen molar-refractivity contribution in [3.8, 4) is 11.5 Å². The topological polar surface area (TPSA) is 107 Å². The first kappa shape index (κ1) is 18.7. The van der Waals surface area contributed by atoms with Crippen molar-refractivity contribution >= 4 is 11.6 Å². The van der Waals surface area contributed by atoms with Gasteiger partial charge in [0.2, 0.25) is 0 Å². The van der Waals surface area contributed by atoms with Gasteiger partial charge >= 0.3 is 0 Å². The molecule has 0 saturated carbocycles. The standard InChI is InChI=1S/C18H20N4O5/c23-18(20-7-8-21-9-11-26-12-10-21)17-13-16(5-6-19-17)27-15-3-1-14(2-4-15)22(24)25/h1-6,13H,7-12H2,(H,20,23). The first-order valence-electron chi connectivity index (χ1n) is 8.58. The summed E-state index contributed by atoms with van der Waals surface area (Å²) in [5, 5.41) is 13.5. The highest BCUT2D eigenvalue weighted by Crippen LogP contribution is 2.23. The lowest BCUT2D eigenvalue weighted by Gasteiger charge is -2.26. The normalized spacial score (nSPS) is 14.5. The molecule has 1 N–H and O–H groups in total. The maximum Gasteiger partial charge on any atom is 0.270 e. The van der Waals surface area contributed by atoms with Gasteiger partial charge in [0, 0.05) is 50.6 Å². The van der Waals surface area contributed by atoms with Crippen LogP contribution in [0, 0.1) is 10.1 Å². The average Bonchev–Trinajstić information content (AvgIpc) is 2.69. The van der Waals surface area contributed by atoms with Crippen molar-refractivity contribution in [1.82, 2.24) is 15.2 Å². The van der Waals surface area contributed by atoms with Crippen LogP contribution in [-0.2, 0) is 4.74 Å². The highest BCUT2D eigenvalue weighted by atomic mass is 16.6. The molecule has 27 heavy (non-hydrogen) atoms. The van der Waals surface area contributed by atoms with Gasteiger partial charge in [-0.3, -0.25) is 24.8 Å². The van der Waals surface area contributed by atoms with E-state index < -0.39 is 4.92 Å². The Morgan fingerprint density at radius 3 is 2.67 bits per heavy atom. The smallest absolute Gasteiger partial charge is 0.270 e. The fourth-order valence-corrected chi connectivity index (χ4v) is 2.61. The zero-order valence-corrected chi connectivity index (χ0v) is 14.7. The van der Waals surface area contributed by atoms with E-state index in [-0.39, 0.29) is 17.3 Å². The van der Waals surface area contributed by atoms with E-state index in [9.17, 15) is 14.9 Å². The summed E-state index contributed by atoms with van der Waals surface area (Å²) in [6.07, 6.45) is 1.48. The van der Waals surface area contributed by atoms with E-state index in [0.29, 0.717) is 18.0 Å². The molecule has 0 atom stereocenters. The Morgan fingerprint density at radius 2 is 1.96 bits per heavy atom. The number of pyridine rings is 1. The fraction of sp³-hybridized carbons (Fsp3) is 0.333. The predicted octanol–water partition coefficient (Wildman–Crippen LogP) is 1.84. The zero-order chi connectivity index (χ0) is 19.1. The van der Waals surface area contributed by atoms with Crippen LogP contribution in [0.5, 0.6) is 11.5 Å². The van der Waals surface area contributed by atoms with Gasteiger partial charge < -0.3 is 14.8 Å². The van der Waals surface area contributed by atoms with E-state index in [1.165, 1.54) is 36.5 Å². The molecule has 142 valence electrons. The van der Waals surface area contributed by atoms with Crippen LogP contribution in [0.4, 0.5) is 5.69 Å². The van der Waals surface area contributed by atoms with Crippen LogP contribution in [0.2, 0.25) is 0 Å². The van der Waals surface area contributed by atoms with Crippen molar-refractivity contribution in [1.29, 1.82) is 0 Å². The second kappa shape index (κ2) is 9.06. The van der Waals surface area contributed by atoms with E-state index in [1.807, 2.05) is 0 Å². The van der Waals surface area contributed by atoms with Crippen LogP contribution in [0.15, 0.2) is 42.6 Å². The zero-order valence-electron chi connectivity index (χ0n) is 14.7. The van der Waals surface area contributed by atoms with E-state index in [1.54, 1.807) is 6.07 Å². The summed E-state index contributed by atoms with van der Waals surface area (Å²) in [6.45, 7) is 4.45. The third-order valence-electron chi connectivity index (χ3n) is 4.06. The van der Waals surface area contributed by atoms with Crippen LogP contribution >= 0.6 is 0 Å². The van der Waals surface area contributed by atoms with Gasteiger partial charge in [-0.2, -0.15) is 0 Å². The van der Waals surface area contributed by atoms with Crippen molar-refractivity contribution in [2.75, 3.05) is 39.4 Å². The first-order valence-corrected chi connectivity index (χ1v) is 8.58. The van der Waals surface area contributed by atoms with Crippen molar-refractivity contribution < 1.29 is 19.2 Å². The molecule has 2 aromatic rings. The van der Waals surface area contributed by atoms with E-state index in [0.717, 1.165) is 32.8 Å². The van der Waals surface area contributed by atoms with Crippen molar-refractivity contribution in [2.24, 2.45) is 0 Å². The summed E-state index contributed by atoms with van der Waals surface area (Å²) in [5.74, 6) is 0.583. The number of nitrogens with one attached hydrogen (secondary N) is 1. The van der Waals surface area contributed by atoms with Crippen LogP contribution in [0.1, 0.15) is 10.5 Å². The van der Waals surface area contributed by atoms with Gasteiger partial charge in [-0.05, 0) is 18.2 Å². The van der Waals surface area contributed by atoms with Gasteiger partial charge in [0.1, 0.15) is 17.2 Å². The SMILES string of the molecule is O=C(NCCN1CCOCC1)c1cc(Oc2ccc([N+](=O)[O-])cc2)ccn1. The van der Waals surface area contributed by atoms with Crippen LogP contribution in [0.25, 0.3) is 0 Å². The molecule has 9 nitrogen and oxygen atoms in total. The summed E-state index contributed by atoms with van der Waals surface area (Å²) in [4.78, 5) is 28.8. The lowest BCUT2D eigenvalue weighted by molar-refractivity contribution is -0.384. The van der Waals surface area contributed by atoms with Gasteiger partial charge in [0.05, 0.1) is 18.1 Å². The molecule has 1 aliphatic heterocycles. The molecule has 1 saturated heterocycles. The number of nitro groups is 1. The largest absolute Gasteiger partial charge is 0.457 e. The maximum atomic E-state index is 12.3. The van der Waals surface area contributed by atoms with Crippen LogP contribution in [0.3, 0.4) is 0 Å². The van der Waals surface area contributed by atoms with Crippen LogP contribution < -0.4 is 10.1 Å². The number of morpholine rings is 1. The second-order valence-electron chi connectivity index (χ2n) is 5.94. The number of rotatable bonds is 7. The number of carbonyl (C=O) groups is 1. The van der Waals surface area contributed by atoms with Gasteiger partial charge in [-0.25, -0.2) is 0 Å². The minimum Gasteiger partial charge on any atom is -0.457 e. The highest BCUT2D eigenvalue weighted by Gasteiger charge is 2.12. The van der Waals surface area contributed by atoms with Gasteiger partial charge in [-0.1, -0.05) is 0 Å². The summed E-state index contributed by atoms with van der Waals surface area (Å²) < 4.78 is 10.9. The quantitative estimate of drug-likeness (QED) is 0.584. The number of amides is 1. The van der Waals surface area contributed by atoms with Crippen molar-refractivity contribution in [3.05, 3.63) is 58.4 Å². The molecule has 0 bridgehead atoms. The maximum absolute atomic E-state index is 12.3. The molecule has 1 aromatic carbocycles. The summed E-state index contributed by atoms with van der Waals surface area (Å²) in [7, 11) is 0. The predicted molar refractivity (Wildman–Crippen MR) is 97.0 cm³/mol. The third kappa shape index (κ3) is 5.47. The lowest BCUT2D eigenvalue weighted by Crippen LogP contribution is -2.41. The van der Waals surface area contributed by atoms with Gasteiger partial charge in [0.25, 0.3) is 11.6 Å². The Balaban J connectivity index is 1.54. The molecular formula is C18H20N4O5. The minimum absolute atomic E-state index is 0.0163. The van der Waals surface area contributed by atoms with Gasteiger partial charge in [-0.15, -0.1) is 0 Å². The number of non-ortho nitro benzene ring substituents is 1. The van der Waals surface area contributed by atoms with E-state index in [4.69, 9.17) is 9.47 Å². The Hall–Kier alpha value is -3.04. The first-order chi connectivity index (χ1) is 13.1. The Kier molecular flexibility index (Phi) is 6.29. The monoisotopic (exact) mass is 372 g/mol. The molecule has 1 fully saturated rings. The van der Waals surface area contributed by atoms with Crippen molar-refractivity contribution in [3.63, 3.8) is 0 Å². The molecule has 1 aromatic heterocycles. The lowest BCUT2D eigenvalue weighted by atomic mass is 10.3. The molecule has 2 heterocycles. The third-order valence-corrected chi connectivity index (χ3v) is 4.06. The summed E-state index contributed by atoms with van der Waals surface area (Å²) >= 11 is 0. The Morgan fingerprint density at radius 1 is 1.22 bits per heavy atom. The minimum atomic E-state index is -0.477. The Bertz CT molecular complexity index is 791. The summed E-state index contributed by atoms with van der Waals surface area (Å²) in [5.41, 5.74) is 0.230. The molecule has 1 amide bonds. The van der Waals surface area contributed by atoms with Gasteiger partial charge in [0.15, 0.2) is 0 Å². The second-order valence-corrected chi connectivity index (χ2v) is 5.94. The molecular weight excluding hydrogens is 352 g/mol. The molecule has 9 heteroatoms. The van der Waals surface area contributed by atoms with E-state index >= 15 is 0 Å². The number of hydrogen-bond acceptors (Lipinski definition) is 7.